The van der Waals surface area contributed by atoms with E-state index in [9.17, 15) is 18.8 Å². The molecule has 270 valence electrons. The topological polar surface area (TPSA) is 101 Å². The van der Waals surface area contributed by atoms with Gasteiger partial charge in [-0.3, -0.25) is 14.4 Å². The number of carbonyl (C=O) groups is 3. The number of thiophene rings is 1. The highest BCUT2D eigenvalue weighted by molar-refractivity contribution is 7.17. The molecule has 0 unspecified atom stereocenters. The molecule has 3 aromatic carbocycles. The number of carbonyl (C=O) groups excluding carboxylic acids is 3. The van der Waals surface area contributed by atoms with Crippen LogP contribution >= 0.6 is 11.3 Å². The lowest BCUT2D eigenvalue weighted by Gasteiger charge is -2.53. The number of aromatic nitrogens is 1. The number of Topliss-reactive ketones (excluding diaryl/α,β-unsaturated/α-hetero) is 1. The van der Waals surface area contributed by atoms with Crippen LogP contribution in [0, 0.1) is 18.2 Å². The summed E-state index contributed by atoms with van der Waals surface area (Å²) in [5.41, 5.74) is 5.44. The third kappa shape index (κ3) is 6.71. The molecule has 0 radical (unpaired) electrons. The van der Waals surface area contributed by atoms with Crippen molar-refractivity contribution in [1.29, 1.82) is 0 Å². The van der Waals surface area contributed by atoms with E-state index in [4.69, 9.17) is 9.47 Å². The van der Waals surface area contributed by atoms with Gasteiger partial charge < -0.3 is 24.6 Å². The predicted octanol–water partition coefficient (Wildman–Crippen LogP) is 7.76. The Bertz CT molecular complexity index is 2200. The highest BCUT2D eigenvalue weighted by Gasteiger charge is 2.45. The summed E-state index contributed by atoms with van der Waals surface area (Å²) in [6.45, 7) is 5.40. The van der Waals surface area contributed by atoms with Crippen LogP contribution < -0.4 is 19.9 Å². The molecule has 0 bridgehead atoms. The molecule has 2 fully saturated rings. The van der Waals surface area contributed by atoms with Crippen molar-refractivity contribution in [1.82, 2.24) is 4.98 Å². The maximum atomic E-state index is 14.5. The largest absolute Gasteiger partial charge is 0.495 e. The summed E-state index contributed by atoms with van der Waals surface area (Å²) in [5.74, 6) is 0.131. The molecule has 1 N–H and O–H groups in total. The number of rotatable bonds is 8. The van der Waals surface area contributed by atoms with Gasteiger partial charge >= 0.3 is 0 Å². The molecule has 2 aromatic heterocycles. The zero-order chi connectivity index (χ0) is 36.7. The number of halogens is 1. The first-order valence-corrected chi connectivity index (χ1v) is 18.6. The fourth-order valence-electron chi connectivity index (χ4n) is 7.64. The lowest BCUT2D eigenvalue weighted by atomic mass is 9.73. The summed E-state index contributed by atoms with van der Waals surface area (Å²) in [5, 5.41) is 2.99. The van der Waals surface area contributed by atoms with Gasteiger partial charge in [-0.2, -0.15) is 0 Å². The van der Waals surface area contributed by atoms with Crippen molar-refractivity contribution in [2.45, 2.75) is 32.6 Å². The second-order valence-electron chi connectivity index (χ2n) is 14.1. The quantitative estimate of drug-likeness (QED) is 0.163. The van der Waals surface area contributed by atoms with Gasteiger partial charge in [0.05, 0.1) is 29.4 Å². The van der Waals surface area contributed by atoms with E-state index < -0.39 is 0 Å². The zero-order valence-electron chi connectivity index (χ0n) is 29.6. The Morgan fingerprint density at radius 1 is 1.00 bits per heavy atom. The lowest BCUT2D eigenvalue weighted by Crippen LogP contribution is -2.59. The van der Waals surface area contributed by atoms with Crippen molar-refractivity contribution in [3.63, 3.8) is 0 Å². The molecule has 9 nitrogen and oxygen atoms in total. The van der Waals surface area contributed by atoms with Crippen molar-refractivity contribution >= 4 is 46.1 Å². The van der Waals surface area contributed by atoms with Gasteiger partial charge in [0.25, 0.3) is 11.8 Å². The Labute approximate surface area is 311 Å². The molecular weight excluding hydrogens is 692 g/mol. The molecule has 3 aliphatic rings. The number of ketones is 1. The number of nitrogens with one attached hydrogen (secondary N) is 1. The van der Waals surface area contributed by atoms with E-state index in [1.165, 1.54) is 17.4 Å². The van der Waals surface area contributed by atoms with E-state index in [1.807, 2.05) is 43.3 Å². The van der Waals surface area contributed by atoms with Crippen molar-refractivity contribution in [2.24, 2.45) is 5.41 Å². The van der Waals surface area contributed by atoms with E-state index in [-0.39, 0.29) is 35.3 Å². The van der Waals surface area contributed by atoms with Crippen LogP contribution in [-0.2, 0) is 17.6 Å². The van der Waals surface area contributed by atoms with Crippen LogP contribution in [0.15, 0.2) is 85.1 Å². The number of amides is 2. The van der Waals surface area contributed by atoms with Gasteiger partial charge in [0.15, 0.2) is 5.78 Å². The molecule has 1 spiro atoms. The van der Waals surface area contributed by atoms with Crippen molar-refractivity contribution in [3.8, 4) is 16.2 Å². The minimum atomic E-state index is -0.375. The normalized spacial score (nSPS) is 15.9. The minimum absolute atomic E-state index is 0.00648. The van der Waals surface area contributed by atoms with Crippen LogP contribution in [0.3, 0.4) is 0 Å². The maximum absolute atomic E-state index is 14.5. The summed E-state index contributed by atoms with van der Waals surface area (Å²) in [6.07, 6.45) is 4.19. The van der Waals surface area contributed by atoms with Gasteiger partial charge in [-0.25, -0.2) is 9.37 Å². The third-order valence-electron chi connectivity index (χ3n) is 10.7. The molecule has 11 heteroatoms. The van der Waals surface area contributed by atoms with E-state index >= 15 is 0 Å². The Kier molecular flexibility index (Phi) is 9.30. The highest BCUT2D eigenvalue weighted by Crippen LogP contribution is 2.44. The van der Waals surface area contributed by atoms with E-state index in [0.717, 1.165) is 66.4 Å². The molecule has 3 aliphatic heterocycles. The molecular formula is C42H39FN4O5S. The van der Waals surface area contributed by atoms with Gasteiger partial charge in [0, 0.05) is 66.4 Å². The van der Waals surface area contributed by atoms with Crippen molar-refractivity contribution in [3.05, 3.63) is 124 Å². The maximum Gasteiger partial charge on any atom is 0.259 e. The summed E-state index contributed by atoms with van der Waals surface area (Å²) >= 11 is 1.39. The second-order valence-corrected chi connectivity index (χ2v) is 15.1. The third-order valence-corrected chi connectivity index (χ3v) is 11.9. The number of anilines is 3. The van der Waals surface area contributed by atoms with Crippen LogP contribution in [0.5, 0.6) is 5.75 Å². The van der Waals surface area contributed by atoms with Gasteiger partial charge in [-0.15, -0.1) is 11.3 Å². The Morgan fingerprint density at radius 3 is 2.53 bits per heavy atom. The van der Waals surface area contributed by atoms with Gasteiger partial charge in [-0.1, -0.05) is 30.3 Å². The SMILES string of the molecule is COc1cnc(N2CC3(CCOCC3)C2)c(C(=O)Nc2ccc(C(=O)N3CCc4cc(C(=O)Cc5c(C)cccc5F)sc4-c4ccccc43)cc2)c1. The number of pyridine rings is 1. The van der Waals surface area contributed by atoms with Crippen LogP contribution in [-0.4, -0.2) is 62.5 Å². The summed E-state index contributed by atoms with van der Waals surface area (Å²) < 4.78 is 25.5. The smallest absolute Gasteiger partial charge is 0.259 e. The molecule has 5 heterocycles. The van der Waals surface area contributed by atoms with Crippen LogP contribution in [0.1, 0.15) is 59.9 Å². The Hall–Kier alpha value is -5.39. The molecule has 2 amide bonds. The fraction of sp³-hybridized carbons (Fsp3) is 0.286. The number of hydrogen-bond acceptors (Lipinski definition) is 8. The molecule has 0 saturated carbocycles. The average Bonchev–Trinajstić information content (AvgIpc) is 3.53. The summed E-state index contributed by atoms with van der Waals surface area (Å²) in [6, 6.07) is 23.1. The lowest BCUT2D eigenvalue weighted by molar-refractivity contribution is -0.000513. The number of para-hydroxylation sites is 1. The average molecular weight is 731 g/mol. The molecule has 0 atom stereocenters. The van der Waals surface area contributed by atoms with Crippen LogP contribution in [0.2, 0.25) is 0 Å². The highest BCUT2D eigenvalue weighted by atomic mass is 32.1. The van der Waals surface area contributed by atoms with Crippen molar-refractivity contribution < 1.29 is 28.2 Å². The van der Waals surface area contributed by atoms with E-state index in [2.05, 4.69) is 15.2 Å². The van der Waals surface area contributed by atoms with Gasteiger partial charge in [0.1, 0.15) is 17.4 Å². The van der Waals surface area contributed by atoms with E-state index in [0.29, 0.717) is 51.8 Å². The molecule has 53 heavy (non-hydrogen) atoms. The number of nitrogens with zero attached hydrogens (tertiary/aromatic N) is 3. The predicted molar refractivity (Wildman–Crippen MR) is 204 cm³/mol. The van der Waals surface area contributed by atoms with Crippen molar-refractivity contribution in [2.75, 3.05) is 55.1 Å². The number of aryl methyl sites for hydroxylation is 1. The molecule has 2 saturated heterocycles. The number of benzene rings is 3. The Balaban J connectivity index is 0.981. The molecule has 0 aliphatic carbocycles. The first-order chi connectivity index (χ1) is 25.7. The monoisotopic (exact) mass is 730 g/mol. The van der Waals surface area contributed by atoms with E-state index in [1.54, 1.807) is 54.6 Å². The standard InChI is InChI=1S/C42H39FN4O5S/c1-26-6-5-8-34(43)32(26)22-36(48)37-20-28-14-17-47(35-9-4-3-7-31(35)38(28)53-37)41(50)27-10-12-29(13-11-27)45-40(49)33-21-30(51-2)23-44-39(33)46-24-42(25-46)15-18-52-19-16-42/h3-13,20-21,23H,14-19,22,24-25H2,1-2H3,(H,45,49). The number of hydrogen-bond donors (Lipinski definition) is 1. The number of ether oxygens (including phenoxy) is 2. The number of methoxy groups -OCH3 is 1. The van der Waals surface area contributed by atoms with Gasteiger partial charge in [-0.05, 0) is 91.4 Å². The first-order valence-electron chi connectivity index (χ1n) is 17.8. The molecule has 5 aromatic rings. The summed E-state index contributed by atoms with van der Waals surface area (Å²) in [4.78, 5) is 51.1. The minimum Gasteiger partial charge on any atom is -0.495 e. The second kappa shape index (κ2) is 14.2. The summed E-state index contributed by atoms with van der Waals surface area (Å²) in [7, 11) is 1.55. The molecule has 8 rings (SSSR count). The Morgan fingerprint density at radius 2 is 1.77 bits per heavy atom. The first kappa shape index (κ1) is 34.7. The van der Waals surface area contributed by atoms with Crippen LogP contribution in [0.25, 0.3) is 10.4 Å². The van der Waals surface area contributed by atoms with Gasteiger partial charge in [0.2, 0.25) is 0 Å². The fourth-order valence-corrected chi connectivity index (χ4v) is 8.82. The number of fused-ring (bicyclic) bond motifs is 3. The zero-order valence-corrected chi connectivity index (χ0v) is 30.4. The van der Waals surface area contributed by atoms with Crippen LogP contribution in [0.4, 0.5) is 21.6 Å².